The molecule has 1 N–H and O–H groups in total. The average Bonchev–Trinajstić information content (AvgIpc) is 3.00. The van der Waals surface area contributed by atoms with E-state index in [9.17, 15) is 14.4 Å². The van der Waals surface area contributed by atoms with Gasteiger partial charge >= 0.3 is 0 Å². The van der Waals surface area contributed by atoms with E-state index in [1.807, 2.05) is 0 Å². The lowest BCUT2D eigenvalue weighted by molar-refractivity contribution is -0.137. The number of carbonyl (C=O) groups is 3. The first-order valence-corrected chi connectivity index (χ1v) is 9.76. The van der Waals surface area contributed by atoms with Crippen molar-refractivity contribution < 1.29 is 33.3 Å². The maximum Gasteiger partial charge on any atom is 0.253 e. The molecule has 1 heterocycles. The zero-order valence-electron chi connectivity index (χ0n) is 16.7. The van der Waals surface area contributed by atoms with E-state index in [2.05, 4.69) is 12.2 Å². The van der Waals surface area contributed by atoms with Gasteiger partial charge in [-0.3, -0.25) is 19.3 Å². The van der Waals surface area contributed by atoms with Crippen LogP contribution in [0.1, 0.15) is 26.2 Å². The third-order valence-corrected chi connectivity index (χ3v) is 3.80. The quantitative estimate of drug-likeness (QED) is 0.260. The molecule has 1 aliphatic rings. The lowest BCUT2D eigenvalue weighted by atomic mass is 10.3. The first-order chi connectivity index (χ1) is 13.6. The minimum Gasteiger partial charge on any atom is -0.379 e. The third-order valence-electron chi connectivity index (χ3n) is 3.80. The van der Waals surface area contributed by atoms with E-state index in [1.165, 1.54) is 12.2 Å². The Bertz CT molecular complexity index is 479. The van der Waals surface area contributed by atoms with E-state index in [0.29, 0.717) is 52.7 Å². The van der Waals surface area contributed by atoms with Crippen molar-refractivity contribution >= 4 is 17.7 Å². The molecule has 160 valence electrons. The van der Waals surface area contributed by atoms with Crippen LogP contribution in [0.5, 0.6) is 0 Å². The second-order valence-electron chi connectivity index (χ2n) is 6.06. The second kappa shape index (κ2) is 16.2. The van der Waals surface area contributed by atoms with Crippen LogP contribution in [0.15, 0.2) is 12.2 Å². The molecular weight excluding hydrogens is 368 g/mol. The number of carbonyl (C=O) groups excluding carboxylic acids is 3. The number of hydrogen-bond donors (Lipinski definition) is 1. The highest BCUT2D eigenvalue weighted by Crippen LogP contribution is 2.02. The minimum atomic E-state index is -0.304. The monoisotopic (exact) mass is 400 g/mol. The highest BCUT2D eigenvalue weighted by Gasteiger charge is 2.22. The van der Waals surface area contributed by atoms with Gasteiger partial charge in [-0.1, -0.05) is 13.3 Å². The van der Waals surface area contributed by atoms with Gasteiger partial charge in [0.1, 0.15) is 0 Å². The van der Waals surface area contributed by atoms with Crippen LogP contribution in [-0.4, -0.2) is 88.6 Å². The Hall–Kier alpha value is -1.81. The summed E-state index contributed by atoms with van der Waals surface area (Å²) in [7, 11) is 0. The molecule has 3 amide bonds. The number of unbranched alkanes of at least 4 members (excludes halogenated alkanes) is 1. The molecule has 0 bridgehead atoms. The second-order valence-corrected chi connectivity index (χ2v) is 6.06. The molecule has 0 aromatic carbocycles. The van der Waals surface area contributed by atoms with Crippen LogP contribution in [0.25, 0.3) is 0 Å². The van der Waals surface area contributed by atoms with Gasteiger partial charge < -0.3 is 24.3 Å². The summed E-state index contributed by atoms with van der Waals surface area (Å²) < 4.78 is 21.4. The van der Waals surface area contributed by atoms with Gasteiger partial charge in [-0.05, 0) is 6.42 Å². The standard InChI is InChI=1S/C19H32N2O7/c1-2-3-7-20-17(22)6-9-25-11-13-27-15-16-28-14-12-26-10-8-21-18(23)4-5-19(21)24/h4-5H,2-3,6-16H2,1H3,(H,20,22). The summed E-state index contributed by atoms with van der Waals surface area (Å²) in [5, 5.41) is 2.83. The maximum atomic E-state index is 11.4. The summed E-state index contributed by atoms with van der Waals surface area (Å²) in [5.41, 5.74) is 0. The van der Waals surface area contributed by atoms with Crippen molar-refractivity contribution in [1.29, 1.82) is 0 Å². The Labute approximate surface area is 166 Å². The summed E-state index contributed by atoms with van der Waals surface area (Å²) in [4.78, 5) is 35.2. The largest absolute Gasteiger partial charge is 0.379 e. The predicted molar refractivity (Wildman–Crippen MR) is 102 cm³/mol. The van der Waals surface area contributed by atoms with Gasteiger partial charge in [0.15, 0.2) is 0 Å². The molecule has 0 spiro atoms. The van der Waals surface area contributed by atoms with Crippen molar-refractivity contribution in [2.24, 2.45) is 0 Å². The Balaban J connectivity index is 1.76. The Morgan fingerprint density at radius 1 is 0.857 bits per heavy atom. The molecule has 9 nitrogen and oxygen atoms in total. The molecule has 0 unspecified atom stereocenters. The average molecular weight is 400 g/mol. The molecule has 0 saturated heterocycles. The number of rotatable bonds is 18. The molecule has 0 atom stereocenters. The van der Waals surface area contributed by atoms with E-state index in [1.54, 1.807) is 0 Å². The van der Waals surface area contributed by atoms with Crippen LogP contribution in [-0.2, 0) is 33.3 Å². The fourth-order valence-electron chi connectivity index (χ4n) is 2.23. The van der Waals surface area contributed by atoms with Crippen LogP contribution >= 0.6 is 0 Å². The predicted octanol–water partition coefficient (Wildman–Crippen LogP) is 0.284. The summed E-state index contributed by atoms with van der Waals surface area (Å²) in [5.74, 6) is -0.595. The lowest BCUT2D eigenvalue weighted by Crippen LogP contribution is -2.33. The van der Waals surface area contributed by atoms with Crippen molar-refractivity contribution in [2.75, 3.05) is 65.9 Å². The topological polar surface area (TPSA) is 103 Å². The molecule has 0 radical (unpaired) electrons. The van der Waals surface area contributed by atoms with E-state index < -0.39 is 0 Å². The van der Waals surface area contributed by atoms with E-state index >= 15 is 0 Å². The molecule has 28 heavy (non-hydrogen) atoms. The summed E-state index contributed by atoms with van der Waals surface area (Å²) >= 11 is 0. The van der Waals surface area contributed by atoms with Crippen molar-refractivity contribution in [1.82, 2.24) is 10.2 Å². The summed E-state index contributed by atoms with van der Waals surface area (Å²) in [6, 6.07) is 0. The van der Waals surface area contributed by atoms with E-state index in [0.717, 1.165) is 24.3 Å². The van der Waals surface area contributed by atoms with Crippen molar-refractivity contribution in [3.05, 3.63) is 12.2 Å². The van der Waals surface area contributed by atoms with Gasteiger partial charge in [0.2, 0.25) is 5.91 Å². The fourth-order valence-corrected chi connectivity index (χ4v) is 2.23. The van der Waals surface area contributed by atoms with Crippen molar-refractivity contribution in [2.45, 2.75) is 26.2 Å². The summed E-state index contributed by atoms with van der Waals surface area (Å²) in [6.45, 7) is 6.29. The number of hydrogen-bond acceptors (Lipinski definition) is 7. The van der Waals surface area contributed by atoms with Crippen LogP contribution in [0, 0.1) is 0 Å². The Morgan fingerprint density at radius 2 is 1.36 bits per heavy atom. The van der Waals surface area contributed by atoms with Gasteiger partial charge in [-0.25, -0.2) is 0 Å². The summed E-state index contributed by atoms with van der Waals surface area (Å²) in [6.07, 6.45) is 4.92. The SMILES string of the molecule is CCCCNC(=O)CCOCCOCCOCCOCCN1C(=O)C=CC1=O. The molecule has 1 aliphatic heterocycles. The fraction of sp³-hybridized carbons (Fsp3) is 0.737. The zero-order valence-corrected chi connectivity index (χ0v) is 16.7. The molecule has 0 aromatic heterocycles. The highest BCUT2D eigenvalue weighted by atomic mass is 16.6. The number of nitrogens with one attached hydrogen (secondary N) is 1. The maximum absolute atomic E-state index is 11.4. The van der Waals surface area contributed by atoms with Gasteiger partial charge in [0.05, 0.1) is 59.4 Å². The molecule has 0 aliphatic carbocycles. The Kier molecular flexibility index (Phi) is 14.0. The van der Waals surface area contributed by atoms with Crippen LogP contribution in [0.3, 0.4) is 0 Å². The van der Waals surface area contributed by atoms with Gasteiger partial charge in [0, 0.05) is 25.1 Å². The molecule has 1 rings (SSSR count). The molecular formula is C19H32N2O7. The third kappa shape index (κ3) is 11.8. The smallest absolute Gasteiger partial charge is 0.253 e. The first kappa shape index (κ1) is 24.2. The van der Waals surface area contributed by atoms with Crippen LogP contribution < -0.4 is 5.32 Å². The molecule has 9 heteroatoms. The van der Waals surface area contributed by atoms with Crippen LogP contribution in [0.4, 0.5) is 0 Å². The van der Waals surface area contributed by atoms with E-state index in [-0.39, 0.29) is 30.9 Å². The minimum absolute atomic E-state index is 0.0142. The first-order valence-electron chi connectivity index (χ1n) is 9.76. The number of ether oxygens (including phenoxy) is 4. The van der Waals surface area contributed by atoms with E-state index in [4.69, 9.17) is 18.9 Å². The normalized spacial score (nSPS) is 13.5. The number of nitrogens with zero attached hydrogens (tertiary/aromatic N) is 1. The Morgan fingerprint density at radius 3 is 1.89 bits per heavy atom. The lowest BCUT2D eigenvalue weighted by Gasteiger charge is -2.13. The molecule has 0 saturated carbocycles. The van der Waals surface area contributed by atoms with Gasteiger partial charge in [0.25, 0.3) is 11.8 Å². The zero-order chi connectivity index (χ0) is 20.5. The molecule has 0 fully saturated rings. The molecule has 0 aromatic rings. The van der Waals surface area contributed by atoms with Crippen molar-refractivity contribution in [3.63, 3.8) is 0 Å². The van der Waals surface area contributed by atoms with Crippen LogP contribution in [0.2, 0.25) is 0 Å². The van der Waals surface area contributed by atoms with Gasteiger partial charge in [-0.15, -0.1) is 0 Å². The number of imide groups is 1. The van der Waals surface area contributed by atoms with Crippen molar-refractivity contribution in [3.8, 4) is 0 Å². The van der Waals surface area contributed by atoms with Gasteiger partial charge in [-0.2, -0.15) is 0 Å². The highest BCUT2D eigenvalue weighted by molar-refractivity contribution is 6.12. The number of amides is 3.